The molecule has 0 aromatic rings. The molecule has 0 aromatic heterocycles. The lowest BCUT2D eigenvalue weighted by molar-refractivity contribution is -0.302. The molecule has 0 unspecified atom stereocenters. The van der Waals surface area contributed by atoms with Crippen LogP contribution in [0.5, 0.6) is 0 Å². The molecule has 110 valence electrons. The summed E-state index contributed by atoms with van der Waals surface area (Å²) in [7, 11) is 0. The Kier molecular flexibility index (Phi) is 4.13. The zero-order valence-corrected chi connectivity index (χ0v) is 12.8. The highest BCUT2D eigenvalue weighted by atomic mass is 16.7. The zero-order valence-electron chi connectivity index (χ0n) is 12.8. The Morgan fingerprint density at radius 2 is 1.84 bits per heavy atom. The summed E-state index contributed by atoms with van der Waals surface area (Å²) >= 11 is 0. The van der Waals surface area contributed by atoms with Crippen molar-refractivity contribution in [2.24, 2.45) is 0 Å². The van der Waals surface area contributed by atoms with Crippen molar-refractivity contribution >= 4 is 11.8 Å². The SMILES string of the molecule is C[C@@H]1OC(C)(C)O[C@](C)(CC(=O)OC(C)(C)C)C1=O. The number of carbonyl (C=O) groups is 2. The van der Waals surface area contributed by atoms with Crippen LogP contribution in [0.15, 0.2) is 0 Å². The van der Waals surface area contributed by atoms with E-state index in [1.807, 2.05) is 0 Å². The van der Waals surface area contributed by atoms with Crippen LogP contribution < -0.4 is 0 Å². The lowest BCUT2D eigenvalue weighted by Gasteiger charge is -2.44. The van der Waals surface area contributed by atoms with Crippen LogP contribution in [0.2, 0.25) is 0 Å². The van der Waals surface area contributed by atoms with Crippen LogP contribution in [0.1, 0.15) is 54.9 Å². The van der Waals surface area contributed by atoms with Crippen molar-refractivity contribution in [3.8, 4) is 0 Å². The summed E-state index contributed by atoms with van der Waals surface area (Å²) in [5, 5.41) is 0. The number of carbonyl (C=O) groups excluding carboxylic acids is 2. The van der Waals surface area contributed by atoms with Gasteiger partial charge in [0.2, 0.25) is 0 Å². The number of hydrogen-bond donors (Lipinski definition) is 0. The zero-order chi connectivity index (χ0) is 15.1. The van der Waals surface area contributed by atoms with E-state index in [1.165, 1.54) is 0 Å². The minimum Gasteiger partial charge on any atom is -0.460 e. The highest BCUT2D eigenvalue weighted by Gasteiger charge is 2.50. The second-order valence-corrected chi connectivity index (χ2v) is 6.62. The van der Waals surface area contributed by atoms with Gasteiger partial charge >= 0.3 is 5.97 Å². The van der Waals surface area contributed by atoms with Gasteiger partial charge in [0.25, 0.3) is 0 Å². The van der Waals surface area contributed by atoms with Gasteiger partial charge in [-0.1, -0.05) is 0 Å². The Balaban J connectivity index is 2.84. The van der Waals surface area contributed by atoms with E-state index in [0.717, 1.165) is 0 Å². The fourth-order valence-corrected chi connectivity index (χ4v) is 2.30. The molecule has 1 fully saturated rings. The van der Waals surface area contributed by atoms with Gasteiger partial charge in [-0.25, -0.2) is 0 Å². The van der Waals surface area contributed by atoms with Crippen LogP contribution in [-0.4, -0.2) is 34.8 Å². The molecule has 0 saturated carbocycles. The molecular formula is C14H24O5. The number of esters is 1. The number of hydrogen-bond acceptors (Lipinski definition) is 5. The molecule has 0 amide bonds. The molecule has 1 saturated heterocycles. The average molecular weight is 272 g/mol. The lowest BCUT2D eigenvalue weighted by Crippen LogP contribution is -2.58. The van der Waals surface area contributed by atoms with Crippen molar-refractivity contribution in [1.82, 2.24) is 0 Å². The predicted octanol–water partition coefficient (Wildman–Crippen LogP) is 2.22. The molecule has 0 bridgehead atoms. The first-order valence-corrected chi connectivity index (χ1v) is 6.49. The van der Waals surface area contributed by atoms with Gasteiger partial charge in [0.1, 0.15) is 17.3 Å². The van der Waals surface area contributed by atoms with Crippen LogP contribution in [0.4, 0.5) is 0 Å². The Morgan fingerprint density at radius 1 is 1.32 bits per heavy atom. The summed E-state index contributed by atoms with van der Waals surface area (Å²) in [6.45, 7) is 12.1. The molecule has 1 heterocycles. The topological polar surface area (TPSA) is 61.8 Å². The highest BCUT2D eigenvalue weighted by Crippen LogP contribution is 2.34. The van der Waals surface area contributed by atoms with Crippen LogP contribution in [0.3, 0.4) is 0 Å². The third kappa shape index (κ3) is 4.28. The largest absolute Gasteiger partial charge is 0.460 e. The van der Waals surface area contributed by atoms with E-state index in [1.54, 1.807) is 48.5 Å². The van der Waals surface area contributed by atoms with Crippen molar-refractivity contribution < 1.29 is 23.8 Å². The molecule has 0 N–H and O–H groups in total. The third-order valence-electron chi connectivity index (χ3n) is 2.72. The molecule has 1 aliphatic heterocycles. The minimum absolute atomic E-state index is 0.111. The first-order chi connectivity index (χ1) is 8.35. The second kappa shape index (κ2) is 4.87. The first kappa shape index (κ1) is 16.1. The molecule has 0 aliphatic carbocycles. The molecule has 0 spiro atoms. The van der Waals surface area contributed by atoms with Gasteiger partial charge in [0, 0.05) is 0 Å². The van der Waals surface area contributed by atoms with Gasteiger partial charge in [-0.2, -0.15) is 0 Å². The number of Topliss-reactive ketones (excluding diaryl/α,β-unsaturated/α-hetero) is 1. The molecular weight excluding hydrogens is 248 g/mol. The highest BCUT2D eigenvalue weighted by molar-refractivity contribution is 5.94. The molecule has 5 heteroatoms. The standard InChI is InChI=1S/C14H24O5/c1-9-11(16)14(7,19-13(5,6)17-9)8-10(15)18-12(2,3)4/h9H,8H2,1-7H3/t9-,14+/m0/s1. The van der Waals surface area contributed by atoms with E-state index >= 15 is 0 Å². The molecule has 0 radical (unpaired) electrons. The summed E-state index contributed by atoms with van der Waals surface area (Å²) in [6, 6.07) is 0. The molecule has 19 heavy (non-hydrogen) atoms. The normalized spacial score (nSPS) is 31.1. The van der Waals surface area contributed by atoms with E-state index in [-0.39, 0.29) is 12.2 Å². The van der Waals surface area contributed by atoms with Gasteiger partial charge < -0.3 is 14.2 Å². The first-order valence-electron chi connectivity index (χ1n) is 6.49. The smallest absolute Gasteiger partial charge is 0.309 e. The minimum atomic E-state index is -1.20. The van der Waals surface area contributed by atoms with E-state index in [4.69, 9.17) is 14.2 Å². The van der Waals surface area contributed by atoms with E-state index < -0.39 is 29.1 Å². The summed E-state index contributed by atoms with van der Waals surface area (Å²) < 4.78 is 16.3. The van der Waals surface area contributed by atoms with Crippen molar-refractivity contribution in [2.75, 3.05) is 0 Å². The molecule has 0 aromatic carbocycles. The quantitative estimate of drug-likeness (QED) is 0.721. The number of ether oxygens (including phenoxy) is 3. The molecule has 2 atom stereocenters. The Bertz CT molecular complexity index is 380. The van der Waals surface area contributed by atoms with Gasteiger partial charge in [-0.3, -0.25) is 9.59 Å². The second-order valence-electron chi connectivity index (χ2n) is 6.62. The van der Waals surface area contributed by atoms with E-state index in [9.17, 15) is 9.59 Å². The molecule has 5 nitrogen and oxygen atoms in total. The Labute approximate surface area is 114 Å². The fourth-order valence-electron chi connectivity index (χ4n) is 2.30. The summed E-state index contributed by atoms with van der Waals surface area (Å²) in [6.07, 6.45) is -0.712. The lowest BCUT2D eigenvalue weighted by atomic mass is 9.91. The molecule has 1 rings (SSSR count). The maximum absolute atomic E-state index is 12.2. The average Bonchev–Trinajstić information content (AvgIpc) is 2.08. The maximum Gasteiger partial charge on any atom is 0.309 e. The van der Waals surface area contributed by atoms with Gasteiger partial charge in [0.05, 0.1) is 6.42 Å². The van der Waals surface area contributed by atoms with Crippen molar-refractivity contribution in [2.45, 2.75) is 78.0 Å². The van der Waals surface area contributed by atoms with Crippen molar-refractivity contribution in [3.05, 3.63) is 0 Å². The van der Waals surface area contributed by atoms with Crippen molar-refractivity contribution in [1.29, 1.82) is 0 Å². The maximum atomic E-state index is 12.2. The van der Waals surface area contributed by atoms with Gasteiger partial charge in [0.15, 0.2) is 11.6 Å². The Hall–Kier alpha value is -0.940. The van der Waals surface area contributed by atoms with Crippen LogP contribution in [0.25, 0.3) is 0 Å². The van der Waals surface area contributed by atoms with E-state index in [0.29, 0.717) is 0 Å². The number of ketones is 1. The predicted molar refractivity (Wildman–Crippen MR) is 69.6 cm³/mol. The summed E-state index contributed by atoms with van der Waals surface area (Å²) in [5.41, 5.74) is -1.79. The summed E-state index contributed by atoms with van der Waals surface area (Å²) in [4.78, 5) is 24.1. The van der Waals surface area contributed by atoms with Crippen LogP contribution in [-0.2, 0) is 23.8 Å². The van der Waals surface area contributed by atoms with Gasteiger partial charge in [-0.15, -0.1) is 0 Å². The number of rotatable bonds is 2. The van der Waals surface area contributed by atoms with Crippen LogP contribution in [0, 0.1) is 0 Å². The van der Waals surface area contributed by atoms with Gasteiger partial charge in [-0.05, 0) is 48.5 Å². The van der Waals surface area contributed by atoms with E-state index in [2.05, 4.69) is 0 Å². The summed E-state index contributed by atoms with van der Waals surface area (Å²) in [5.74, 6) is -1.59. The van der Waals surface area contributed by atoms with Crippen LogP contribution >= 0.6 is 0 Å². The van der Waals surface area contributed by atoms with Crippen molar-refractivity contribution in [3.63, 3.8) is 0 Å². The monoisotopic (exact) mass is 272 g/mol. The molecule has 1 aliphatic rings. The third-order valence-corrected chi connectivity index (χ3v) is 2.72. The Morgan fingerprint density at radius 3 is 2.32 bits per heavy atom. The fraction of sp³-hybridized carbons (Fsp3) is 0.857.